The molecule has 0 spiro atoms. The Labute approximate surface area is 128 Å². The van der Waals surface area contributed by atoms with Crippen molar-refractivity contribution in [2.24, 2.45) is 5.73 Å². The van der Waals surface area contributed by atoms with Crippen LogP contribution < -0.4 is 5.73 Å². The van der Waals surface area contributed by atoms with Crippen molar-refractivity contribution in [3.05, 3.63) is 33.8 Å². The lowest BCUT2D eigenvalue weighted by Gasteiger charge is -2.24. The van der Waals surface area contributed by atoms with Crippen LogP contribution in [0.4, 0.5) is 13.2 Å². The van der Waals surface area contributed by atoms with Gasteiger partial charge < -0.3 is 10.6 Å². The van der Waals surface area contributed by atoms with Crippen molar-refractivity contribution in [3.63, 3.8) is 0 Å². The first kappa shape index (κ1) is 16.9. The van der Waals surface area contributed by atoms with Crippen molar-refractivity contribution in [2.75, 3.05) is 7.05 Å². The van der Waals surface area contributed by atoms with Crippen molar-refractivity contribution in [1.82, 2.24) is 4.90 Å². The maximum Gasteiger partial charge on any atom is 0.416 e. The van der Waals surface area contributed by atoms with Crippen LogP contribution in [-0.2, 0) is 6.18 Å². The molecular formula is C12H12BrF3N2OS. The average Bonchev–Trinajstić information content (AvgIpc) is 2.35. The Morgan fingerprint density at radius 3 is 2.45 bits per heavy atom. The number of likely N-dealkylation sites (N-methyl/N-ethyl adjacent to an activating group) is 1. The van der Waals surface area contributed by atoms with E-state index in [0.29, 0.717) is 0 Å². The number of benzene rings is 1. The second-order valence-electron chi connectivity index (χ2n) is 4.19. The van der Waals surface area contributed by atoms with Gasteiger partial charge in [-0.2, -0.15) is 13.2 Å². The summed E-state index contributed by atoms with van der Waals surface area (Å²) in [5.41, 5.74) is 4.46. The van der Waals surface area contributed by atoms with E-state index in [4.69, 9.17) is 18.0 Å². The van der Waals surface area contributed by atoms with Gasteiger partial charge in [0.05, 0.1) is 22.2 Å². The molecule has 1 aromatic rings. The van der Waals surface area contributed by atoms with Crippen molar-refractivity contribution >= 4 is 39.0 Å². The van der Waals surface area contributed by atoms with Crippen molar-refractivity contribution < 1.29 is 18.0 Å². The summed E-state index contributed by atoms with van der Waals surface area (Å²) in [7, 11) is 1.43. The van der Waals surface area contributed by atoms with Crippen LogP contribution in [0.15, 0.2) is 22.7 Å². The number of carbonyl (C=O) groups excluding carboxylic acids is 1. The van der Waals surface area contributed by atoms with Crippen LogP contribution in [0, 0.1) is 0 Å². The van der Waals surface area contributed by atoms with Gasteiger partial charge in [0, 0.05) is 11.5 Å². The van der Waals surface area contributed by atoms with E-state index in [1.165, 1.54) is 18.0 Å². The van der Waals surface area contributed by atoms with E-state index in [1.807, 2.05) is 0 Å². The molecule has 0 saturated heterocycles. The van der Waals surface area contributed by atoms with Crippen LogP contribution in [0.2, 0.25) is 0 Å². The average molecular weight is 369 g/mol. The van der Waals surface area contributed by atoms with Gasteiger partial charge in [-0.3, -0.25) is 4.79 Å². The number of nitrogens with zero attached hydrogens (tertiary/aromatic N) is 1. The van der Waals surface area contributed by atoms with Gasteiger partial charge in [-0.05, 0) is 41.1 Å². The summed E-state index contributed by atoms with van der Waals surface area (Å²) in [6, 6.07) is 2.33. The Balaban J connectivity index is 3.19. The maximum atomic E-state index is 12.7. The number of rotatable bonds is 3. The minimum absolute atomic E-state index is 0.0870. The molecule has 1 rings (SSSR count). The quantitative estimate of drug-likeness (QED) is 0.833. The Hall–Kier alpha value is -1.15. The predicted molar refractivity (Wildman–Crippen MR) is 77.5 cm³/mol. The van der Waals surface area contributed by atoms with Crippen molar-refractivity contribution in [2.45, 2.75) is 19.1 Å². The molecule has 0 bridgehead atoms. The number of nitrogens with two attached hydrogens (primary N) is 1. The molecular weight excluding hydrogens is 357 g/mol. The van der Waals surface area contributed by atoms with Gasteiger partial charge >= 0.3 is 6.18 Å². The molecule has 0 aromatic heterocycles. The second kappa shape index (κ2) is 6.09. The maximum absolute atomic E-state index is 12.7. The number of carbonyl (C=O) groups is 1. The minimum Gasteiger partial charge on any atom is -0.392 e. The van der Waals surface area contributed by atoms with Crippen LogP contribution in [-0.4, -0.2) is 28.9 Å². The molecule has 1 amide bonds. The van der Waals surface area contributed by atoms with E-state index in [0.717, 1.165) is 12.1 Å². The van der Waals surface area contributed by atoms with Gasteiger partial charge in [-0.15, -0.1) is 0 Å². The zero-order valence-electron chi connectivity index (χ0n) is 10.7. The molecule has 2 N–H and O–H groups in total. The van der Waals surface area contributed by atoms with Crippen LogP contribution >= 0.6 is 28.1 Å². The van der Waals surface area contributed by atoms with E-state index in [2.05, 4.69) is 15.9 Å². The summed E-state index contributed by atoms with van der Waals surface area (Å²) in [4.78, 5) is 13.5. The van der Waals surface area contributed by atoms with Gasteiger partial charge in [-0.25, -0.2) is 0 Å². The highest BCUT2D eigenvalue weighted by atomic mass is 79.9. The van der Waals surface area contributed by atoms with Gasteiger partial charge in [0.1, 0.15) is 0 Å². The first-order valence-corrected chi connectivity index (χ1v) is 6.69. The van der Waals surface area contributed by atoms with Crippen LogP contribution in [0.3, 0.4) is 0 Å². The van der Waals surface area contributed by atoms with Gasteiger partial charge in [0.15, 0.2) is 0 Å². The molecule has 110 valence electrons. The number of halogens is 4. The minimum atomic E-state index is -4.51. The highest BCUT2D eigenvalue weighted by Crippen LogP contribution is 2.32. The highest BCUT2D eigenvalue weighted by molar-refractivity contribution is 9.10. The summed E-state index contributed by atoms with van der Waals surface area (Å²) in [6.07, 6.45) is -4.51. The monoisotopic (exact) mass is 368 g/mol. The third-order valence-electron chi connectivity index (χ3n) is 2.84. The summed E-state index contributed by atoms with van der Waals surface area (Å²) in [5.74, 6) is -0.594. The molecule has 1 atom stereocenters. The lowest BCUT2D eigenvalue weighted by Crippen LogP contribution is -2.42. The lowest BCUT2D eigenvalue weighted by molar-refractivity contribution is -0.137. The third kappa shape index (κ3) is 3.69. The van der Waals surface area contributed by atoms with Gasteiger partial charge in [0.2, 0.25) is 0 Å². The summed E-state index contributed by atoms with van der Waals surface area (Å²) in [5, 5.41) is 0. The predicted octanol–water partition coefficient (Wildman–Crippen LogP) is 3.21. The number of amides is 1. The number of alkyl halides is 3. The van der Waals surface area contributed by atoms with E-state index in [9.17, 15) is 18.0 Å². The first-order valence-electron chi connectivity index (χ1n) is 5.49. The van der Waals surface area contributed by atoms with Crippen molar-refractivity contribution in [1.29, 1.82) is 0 Å². The molecule has 0 heterocycles. The van der Waals surface area contributed by atoms with Gasteiger partial charge in [0.25, 0.3) is 5.91 Å². The number of thiocarbonyl (C=S) groups is 1. The van der Waals surface area contributed by atoms with Crippen molar-refractivity contribution in [3.8, 4) is 0 Å². The zero-order chi connectivity index (χ0) is 15.7. The second-order valence-corrected chi connectivity index (χ2v) is 5.51. The molecule has 0 aliphatic rings. The molecule has 20 heavy (non-hydrogen) atoms. The normalized spacial score (nSPS) is 12.9. The molecule has 1 aromatic carbocycles. The fourth-order valence-corrected chi connectivity index (χ4v) is 2.00. The number of hydrogen-bond donors (Lipinski definition) is 1. The molecule has 0 aliphatic carbocycles. The molecule has 0 radical (unpaired) electrons. The summed E-state index contributed by atoms with van der Waals surface area (Å²) >= 11 is 7.85. The molecule has 3 nitrogen and oxygen atoms in total. The Kier molecular flexibility index (Phi) is 5.15. The Morgan fingerprint density at radius 1 is 1.45 bits per heavy atom. The first-order chi connectivity index (χ1) is 9.05. The molecule has 0 saturated carbocycles. The van der Waals surface area contributed by atoms with E-state index < -0.39 is 23.7 Å². The zero-order valence-corrected chi connectivity index (χ0v) is 13.1. The molecule has 1 unspecified atom stereocenters. The fourth-order valence-electron chi connectivity index (χ4n) is 1.42. The van der Waals surface area contributed by atoms with Crippen LogP contribution in [0.25, 0.3) is 0 Å². The SMILES string of the molecule is CC(C(N)=S)N(C)C(=O)c1cc(C(F)(F)F)ccc1Br. The topological polar surface area (TPSA) is 46.3 Å². The fraction of sp³-hybridized carbons (Fsp3) is 0.333. The number of hydrogen-bond acceptors (Lipinski definition) is 2. The third-order valence-corrected chi connectivity index (χ3v) is 3.87. The molecule has 0 fully saturated rings. The lowest BCUT2D eigenvalue weighted by atomic mass is 10.1. The standard InChI is InChI=1S/C12H12BrF3N2OS/c1-6(10(17)20)18(2)11(19)8-5-7(12(14,15)16)3-4-9(8)13/h3-6H,1-2H3,(H2,17,20). The molecule has 0 aliphatic heterocycles. The van der Waals surface area contributed by atoms with E-state index in [-0.39, 0.29) is 15.0 Å². The largest absolute Gasteiger partial charge is 0.416 e. The Bertz CT molecular complexity index is 548. The Morgan fingerprint density at radius 2 is 2.00 bits per heavy atom. The molecule has 8 heteroatoms. The van der Waals surface area contributed by atoms with E-state index >= 15 is 0 Å². The van der Waals surface area contributed by atoms with Crippen LogP contribution in [0.5, 0.6) is 0 Å². The summed E-state index contributed by atoms with van der Waals surface area (Å²) < 4.78 is 38.3. The smallest absolute Gasteiger partial charge is 0.392 e. The van der Waals surface area contributed by atoms with Crippen LogP contribution in [0.1, 0.15) is 22.8 Å². The summed E-state index contributed by atoms with van der Waals surface area (Å²) in [6.45, 7) is 1.60. The highest BCUT2D eigenvalue weighted by Gasteiger charge is 2.32. The van der Waals surface area contributed by atoms with Gasteiger partial charge in [-0.1, -0.05) is 12.2 Å². The van der Waals surface area contributed by atoms with E-state index in [1.54, 1.807) is 6.92 Å².